The lowest BCUT2D eigenvalue weighted by Gasteiger charge is -2.30. The number of nitriles is 1. The number of hydrogen-bond acceptors (Lipinski definition) is 6. The molecule has 214 valence electrons. The highest BCUT2D eigenvalue weighted by molar-refractivity contribution is 5.92. The minimum Gasteiger partial charge on any atom is -0.465 e. The quantitative estimate of drug-likeness (QED) is 0.218. The van der Waals surface area contributed by atoms with E-state index in [-0.39, 0.29) is 31.1 Å². The molecule has 11 heteroatoms. The Labute approximate surface area is 233 Å². The second-order valence-electron chi connectivity index (χ2n) is 10.6. The van der Waals surface area contributed by atoms with Gasteiger partial charge in [-0.2, -0.15) is 5.26 Å². The Kier molecular flexibility index (Phi) is 10.8. The average Bonchev–Trinajstić information content (AvgIpc) is 2.92. The number of piperidine rings is 1. The zero-order valence-corrected chi connectivity index (χ0v) is 22.7. The highest BCUT2D eigenvalue weighted by Crippen LogP contribution is 2.21. The first-order valence-corrected chi connectivity index (χ1v) is 13.5. The van der Waals surface area contributed by atoms with Crippen LogP contribution in [0.2, 0.25) is 0 Å². The summed E-state index contributed by atoms with van der Waals surface area (Å²) in [5, 5.41) is 41.2. The molecule has 1 aliphatic rings. The number of carbonyl (C=O) groups excluding carboxylic acids is 3. The molecule has 2 aromatic rings. The molecule has 0 saturated carbocycles. The van der Waals surface area contributed by atoms with Crippen LogP contribution in [0.15, 0.2) is 42.5 Å². The molecule has 4 amide bonds. The van der Waals surface area contributed by atoms with Gasteiger partial charge in [0, 0.05) is 18.9 Å². The predicted molar refractivity (Wildman–Crippen MR) is 148 cm³/mol. The van der Waals surface area contributed by atoms with Crippen molar-refractivity contribution in [1.82, 2.24) is 21.3 Å². The van der Waals surface area contributed by atoms with E-state index in [0.29, 0.717) is 13.0 Å². The van der Waals surface area contributed by atoms with E-state index in [1.807, 2.05) is 56.3 Å². The lowest BCUT2D eigenvalue weighted by molar-refractivity contribution is -0.131. The summed E-state index contributed by atoms with van der Waals surface area (Å²) >= 11 is 0. The highest BCUT2D eigenvalue weighted by atomic mass is 16.4. The third-order valence-corrected chi connectivity index (χ3v) is 7.04. The number of hydrogen-bond donors (Lipinski definition) is 6. The third-order valence-electron chi connectivity index (χ3n) is 7.04. The van der Waals surface area contributed by atoms with Gasteiger partial charge in [0.05, 0.1) is 12.1 Å². The van der Waals surface area contributed by atoms with E-state index < -0.39 is 48.1 Å². The number of fused-ring (bicyclic) bond motifs is 1. The van der Waals surface area contributed by atoms with Crippen LogP contribution in [0.1, 0.15) is 45.1 Å². The minimum absolute atomic E-state index is 0.0246. The minimum atomic E-state index is -1.55. The van der Waals surface area contributed by atoms with Gasteiger partial charge in [-0.1, -0.05) is 56.3 Å². The van der Waals surface area contributed by atoms with Crippen molar-refractivity contribution in [2.75, 3.05) is 6.54 Å². The fourth-order valence-corrected chi connectivity index (χ4v) is 5.03. The van der Waals surface area contributed by atoms with Crippen LogP contribution >= 0.6 is 0 Å². The van der Waals surface area contributed by atoms with Crippen molar-refractivity contribution in [3.05, 3.63) is 48.0 Å². The van der Waals surface area contributed by atoms with Crippen LogP contribution in [0, 0.1) is 23.2 Å². The monoisotopic (exact) mass is 551 g/mol. The van der Waals surface area contributed by atoms with Crippen molar-refractivity contribution in [3.63, 3.8) is 0 Å². The summed E-state index contributed by atoms with van der Waals surface area (Å²) in [5.41, 5.74) is 0.764. The van der Waals surface area contributed by atoms with Crippen molar-refractivity contribution in [2.45, 2.75) is 70.2 Å². The van der Waals surface area contributed by atoms with Crippen molar-refractivity contribution < 1.29 is 29.4 Å². The largest absolute Gasteiger partial charge is 0.465 e. The first-order valence-electron chi connectivity index (χ1n) is 13.5. The molecule has 0 aliphatic carbocycles. The molecule has 40 heavy (non-hydrogen) atoms. The van der Waals surface area contributed by atoms with Crippen LogP contribution < -0.4 is 21.3 Å². The van der Waals surface area contributed by atoms with Gasteiger partial charge in [0.25, 0.3) is 0 Å². The van der Waals surface area contributed by atoms with E-state index in [4.69, 9.17) is 0 Å². The van der Waals surface area contributed by atoms with Gasteiger partial charge in [-0.15, -0.1) is 0 Å². The summed E-state index contributed by atoms with van der Waals surface area (Å²) in [7, 11) is 0. The van der Waals surface area contributed by atoms with Crippen LogP contribution in [-0.2, 0) is 20.8 Å². The van der Waals surface area contributed by atoms with E-state index in [1.165, 1.54) is 0 Å². The number of aliphatic hydroxyl groups is 1. The Morgan fingerprint density at radius 3 is 2.42 bits per heavy atom. The normalized spacial score (nSPS) is 18.1. The summed E-state index contributed by atoms with van der Waals surface area (Å²) in [6, 6.07) is 11.6. The maximum atomic E-state index is 13.4. The van der Waals surface area contributed by atoms with E-state index in [0.717, 1.165) is 22.8 Å². The van der Waals surface area contributed by atoms with Crippen LogP contribution in [0.5, 0.6) is 0 Å². The van der Waals surface area contributed by atoms with Gasteiger partial charge < -0.3 is 31.5 Å². The second-order valence-corrected chi connectivity index (χ2v) is 10.6. The molecule has 1 fully saturated rings. The Morgan fingerprint density at radius 1 is 1.05 bits per heavy atom. The smallest absolute Gasteiger partial charge is 0.405 e. The molecule has 1 saturated heterocycles. The Hall–Kier alpha value is -4.17. The first-order chi connectivity index (χ1) is 19.1. The zero-order valence-electron chi connectivity index (χ0n) is 22.7. The highest BCUT2D eigenvalue weighted by Gasteiger charge is 2.33. The van der Waals surface area contributed by atoms with Gasteiger partial charge in [0.2, 0.25) is 17.7 Å². The fraction of sp³-hybridized carbons (Fsp3) is 0.483. The van der Waals surface area contributed by atoms with Crippen LogP contribution in [0.3, 0.4) is 0 Å². The number of rotatable bonds is 12. The van der Waals surface area contributed by atoms with Crippen molar-refractivity contribution in [2.24, 2.45) is 11.8 Å². The van der Waals surface area contributed by atoms with Gasteiger partial charge in [0.1, 0.15) is 12.1 Å². The van der Waals surface area contributed by atoms with E-state index in [9.17, 15) is 34.7 Å². The molecule has 2 aromatic carbocycles. The van der Waals surface area contributed by atoms with Crippen molar-refractivity contribution in [3.8, 4) is 6.07 Å². The Balaban J connectivity index is 1.78. The van der Waals surface area contributed by atoms with Crippen molar-refractivity contribution in [1.29, 1.82) is 5.26 Å². The van der Waals surface area contributed by atoms with Crippen LogP contribution in [-0.4, -0.2) is 64.8 Å². The first kappa shape index (κ1) is 30.4. The maximum absolute atomic E-state index is 13.4. The molecule has 0 spiro atoms. The van der Waals surface area contributed by atoms with Gasteiger partial charge in [-0.05, 0) is 47.9 Å². The predicted octanol–water partition coefficient (Wildman–Crippen LogP) is 1.83. The molecule has 1 heterocycles. The van der Waals surface area contributed by atoms with Gasteiger partial charge in [-0.25, -0.2) is 4.79 Å². The summed E-state index contributed by atoms with van der Waals surface area (Å²) in [5.74, 6) is -2.00. The van der Waals surface area contributed by atoms with Gasteiger partial charge in [-0.3, -0.25) is 14.4 Å². The summed E-state index contributed by atoms with van der Waals surface area (Å²) < 4.78 is 0. The Morgan fingerprint density at radius 2 is 1.75 bits per heavy atom. The molecule has 3 rings (SSSR count). The standard InChI is InChI=1S/C29H37N5O6/c1-17(2)13-23(27(37)32-22(25(35)16-30)15-20-10-6-12-31-26(20)36)33-28(38)24(34-29(39)40)14-19-9-5-8-18-7-3-4-11-21(18)19/h3-5,7-9,11,17,20,22-25,34-35H,6,10,12-15H2,1-2H3,(H,31,36)(H,32,37)(H,33,38)(H,39,40)/t20-,22-,23-,24-,25-/m0/s1. The number of carboxylic acid groups (broad SMARTS) is 1. The Bertz CT molecular complexity index is 1250. The van der Waals surface area contributed by atoms with E-state index in [2.05, 4.69) is 21.3 Å². The number of amides is 4. The van der Waals surface area contributed by atoms with E-state index in [1.54, 1.807) is 6.07 Å². The number of nitrogens with one attached hydrogen (secondary N) is 4. The fourth-order valence-electron chi connectivity index (χ4n) is 5.03. The summed E-state index contributed by atoms with van der Waals surface area (Å²) in [4.78, 5) is 50.6. The molecule has 0 aromatic heterocycles. The molecule has 0 bridgehead atoms. The molecule has 5 atom stereocenters. The molecular formula is C29H37N5O6. The number of nitrogens with zero attached hydrogens (tertiary/aromatic N) is 1. The second kappa shape index (κ2) is 14.3. The lowest BCUT2D eigenvalue weighted by Crippen LogP contribution is -2.57. The van der Waals surface area contributed by atoms with E-state index >= 15 is 0 Å². The third kappa shape index (κ3) is 8.41. The molecule has 11 nitrogen and oxygen atoms in total. The van der Waals surface area contributed by atoms with Crippen LogP contribution in [0.4, 0.5) is 4.79 Å². The number of aliphatic hydroxyl groups excluding tert-OH is 1. The molecule has 0 unspecified atom stereocenters. The zero-order chi connectivity index (χ0) is 29.2. The van der Waals surface area contributed by atoms with Crippen molar-refractivity contribution >= 4 is 34.6 Å². The van der Waals surface area contributed by atoms with Gasteiger partial charge >= 0.3 is 6.09 Å². The topological polar surface area (TPSA) is 181 Å². The van der Waals surface area contributed by atoms with Crippen LogP contribution in [0.25, 0.3) is 10.8 Å². The maximum Gasteiger partial charge on any atom is 0.405 e. The molecule has 0 radical (unpaired) electrons. The SMILES string of the molecule is CC(C)C[C@H](NC(=O)[C@H](Cc1cccc2ccccc12)NC(=O)O)C(=O)N[C@@H](C[C@@H]1CCCNC1=O)[C@@H](O)C#N. The van der Waals surface area contributed by atoms with Gasteiger partial charge in [0.15, 0.2) is 6.10 Å². The molecular weight excluding hydrogens is 514 g/mol. The lowest BCUT2D eigenvalue weighted by atomic mass is 9.89. The summed E-state index contributed by atoms with van der Waals surface area (Å²) in [6.07, 6.45) is -1.26. The number of carbonyl (C=O) groups is 4. The number of benzene rings is 2. The molecule has 6 N–H and O–H groups in total. The summed E-state index contributed by atoms with van der Waals surface area (Å²) in [6.45, 7) is 4.28. The average molecular weight is 552 g/mol. The molecule has 1 aliphatic heterocycles.